The molecule has 3 heterocycles. The normalized spacial score (nSPS) is 27.7. The van der Waals surface area contributed by atoms with Crippen LogP contribution in [-0.4, -0.2) is 97.7 Å². The number of carbonyl (C=O) groups is 3. The molecule has 2 amide bonds. The Morgan fingerprint density at radius 1 is 1.17 bits per heavy atom. The maximum absolute atomic E-state index is 12.8. The summed E-state index contributed by atoms with van der Waals surface area (Å²) in [5.74, 6) is -2.37. The summed E-state index contributed by atoms with van der Waals surface area (Å²) >= 11 is 0. The maximum atomic E-state index is 12.8. The Morgan fingerprint density at radius 3 is 2.52 bits per heavy atom. The Bertz CT molecular complexity index is 1380. The molecule has 1 aromatic rings. The SMILES string of the molecule is CC(=CC=CC=CCc1cnco1)[C@@H](O)C(C)(C)C(=O)NCC=CC=C[C@H](O)[C@H](C)C[C@@H]1OC(=O)[C@@]2(CO)N(C)C(=O)[C@H](C)[C@@]12O. The van der Waals surface area contributed by atoms with Crippen molar-refractivity contribution in [2.75, 3.05) is 20.2 Å². The minimum Gasteiger partial charge on any atom is -0.457 e. The van der Waals surface area contributed by atoms with E-state index < -0.39 is 65.2 Å². The lowest BCUT2D eigenvalue weighted by molar-refractivity contribution is -0.156. The highest BCUT2D eigenvalue weighted by Crippen LogP contribution is 2.52. The number of allylic oxidation sites excluding steroid dienone is 7. The zero-order valence-electron chi connectivity index (χ0n) is 27.3. The first-order valence-electron chi connectivity index (χ1n) is 15.3. The lowest BCUT2D eigenvalue weighted by atomic mass is 9.72. The molecule has 2 fully saturated rings. The molecule has 0 aliphatic carbocycles. The molecule has 46 heavy (non-hydrogen) atoms. The first kappa shape index (κ1) is 36.6. The Hall–Kier alpha value is -3.84. The fourth-order valence-electron chi connectivity index (χ4n) is 6.01. The molecule has 5 N–H and O–H groups in total. The summed E-state index contributed by atoms with van der Waals surface area (Å²) in [6, 6.07) is 0. The number of carbonyl (C=O) groups excluding carboxylic acids is 3. The number of nitrogens with zero attached hydrogens (tertiary/aromatic N) is 2. The number of hydrogen-bond donors (Lipinski definition) is 5. The number of likely N-dealkylation sites (tertiary alicyclic amines) is 1. The average molecular weight is 642 g/mol. The number of oxazole rings is 1. The minimum absolute atomic E-state index is 0.0577. The van der Waals surface area contributed by atoms with Crippen LogP contribution in [0.2, 0.25) is 0 Å². The first-order valence-corrected chi connectivity index (χ1v) is 15.3. The number of cyclic esters (lactones) is 1. The van der Waals surface area contributed by atoms with Crippen LogP contribution < -0.4 is 5.32 Å². The monoisotopic (exact) mass is 641 g/mol. The van der Waals surface area contributed by atoms with Crippen LogP contribution in [0.15, 0.2) is 77.3 Å². The average Bonchev–Trinajstić information content (AvgIpc) is 3.66. The topological polar surface area (TPSA) is 183 Å². The third kappa shape index (κ3) is 7.10. The van der Waals surface area contributed by atoms with Crippen molar-refractivity contribution in [1.29, 1.82) is 0 Å². The number of amides is 2. The Balaban J connectivity index is 1.47. The van der Waals surface area contributed by atoms with Crippen molar-refractivity contribution in [1.82, 2.24) is 15.2 Å². The summed E-state index contributed by atoms with van der Waals surface area (Å²) in [5.41, 5.74) is -4.29. The molecule has 2 aliphatic heterocycles. The number of esters is 1. The summed E-state index contributed by atoms with van der Waals surface area (Å²) in [5, 5.41) is 45.9. The van der Waals surface area contributed by atoms with Gasteiger partial charge in [-0.1, -0.05) is 68.5 Å². The molecule has 252 valence electrons. The van der Waals surface area contributed by atoms with Crippen molar-refractivity contribution in [3.8, 4) is 0 Å². The number of aliphatic hydroxyl groups is 4. The zero-order valence-corrected chi connectivity index (χ0v) is 27.3. The van der Waals surface area contributed by atoms with Gasteiger partial charge in [0.25, 0.3) is 0 Å². The summed E-state index contributed by atoms with van der Waals surface area (Å²) in [7, 11) is 1.36. The number of rotatable bonds is 15. The van der Waals surface area contributed by atoms with E-state index in [4.69, 9.17) is 9.15 Å². The molecular weight excluding hydrogens is 594 g/mol. The van der Waals surface area contributed by atoms with E-state index in [1.54, 1.807) is 64.3 Å². The molecule has 7 atom stereocenters. The highest BCUT2D eigenvalue weighted by Gasteiger charge is 2.77. The van der Waals surface area contributed by atoms with Crippen LogP contribution in [-0.2, 0) is 25.5 Å². The van der Waals surface area contributed by atoms with Gasteiger partial charge in [-0.25, -0.2) is 9.78 Å². The number of likely N-dealkylation sites (N-methyl/N-ethyl adjacent to an activating group) is 1. The molecule has 0 unspecified atom stereocenters. The van der Waals surface area contributed by atoms with Gasteiger partial charge in [-0.3, -0.25) is 9.59 Å². The lowest BCUT2D eigenvalue weighted by Crippen LogP contribution is -2.64. The van der Waals surface area contributed by atoms with E-state index in [0.717, 1.165) is 10.7 Å². The van der Waals surface area contributed by atoms with Crippen LogP contribution in [0.4, 0.5) is 0 Å². The van der Waals surface area contributed by atoms with Crippen LogP contribution in [0, 0.1) is 17.3 Å². The van der Waals surface area contributed by atoms with Gasteiger partial charge >= 0.3 is 5.97 Å². The smallest absolute Gasteiger partial charge is 0.338 e. The second kappa shape index (κ2) is 15.2. The van der Waals surface area contributed by atoms with E-state index in [9.17, 15) is 34.8 Å². The van der Waals surface area contributed by atoms with Gasteiger partial charge in [0.15, 0.2) is 11.9 Å². The van der Waals surface area contributed by atoms with E-state index in [0.29, 0.717) is 12.0 Å². The number of fused-ring (bicyclic) bond motifs is 1. The Labute approximate surface area is 269 Å². The van der Waals surface area contributed by atoms with Gasteiger partial charge in [-0.2, -0.15) is 0 Å². The quantitative estimate of drug-likeness (QED) is 0.140. The van der Waals surface area contributed by atoms with E-state index in [-0.39, 0.29) is 18.9 Å². The molecule has 0 saturated carbocycles. The van der Waals surface area contributed by atoms with Gasteiger partial charge in [0.1, 0.15) is 17.5 Å². The standard InChI is InChI=1S/C34H47N3O9/c1-22(14-10-7-8-11-15-25-19-35-21-45-25)28(40)32(4,5)30(42)36-17-13-9-12-16-26(39)23(2)18-27-34(44)24(3)29(41)37(6)33(34,20-38)31(43)46-27/h7-14,16,19,21,23-24,26-28,38-40,44H,15,17-18,20H2,1-6H3,(H,36,42)/t23-,24+,26+,27+,28-,33-,34-/m1/s1. The van der Waals surface area contributed by atoms with Gasteiger partial charge in [0, 0.05) is 20.0 Å². The molecule has 0 radical (unpaired) electrons. The predicted molar refractivity (Wildman–Crippen MR) is 170 cm³/mol. The molecular formula is C34H47N3O9. The third-order valence-electron chi connectivity index (χ3n) is 9.23. The molecule has 0 spiro atoms. The van der Waals surface area contributed by atoms with E-state index >= 15 is 0 Å². The van der Waals surface area contributed by atoms with Crippen molar-refractivity contribution in [2.24, 2.45) is 17.3 Å². The molecule has 1 aromatic heterocycles. The van der Waals surface area contributed by atoms with Crippen molar-refractivity contribution in [2.45, 2.75) is 76.9 Å². The number of aromatic nitrogens is 1. The lowest BCUT2D eigenvalue weighted by Gasteiger charge is -2.37. The largest absolute Gasteiger partial charge is 0.457 e. The molecule has 0 bridgehead atoms. The second-order valence-electron chi connectivity index (χ2n) is 12.6. The molecule has 0 aromatic carbocycles. The summed E-state index contributed by atoms with van der Waals surface area (Å²) in [6.07, 6.45) is 16.2. The van der Waals surface area contributed by atoms with Crippen LogP contribution >= 0.6 is 0 Å². The number of nitrogens with one attached hydrogen (secondary N) is 1. The number of hydrogen-bond acceptors (Lipinski definition) is 10. The van der Waals surface area contributed by atoms with Crippen LogP contribution in [0.1, 0.15) is 46.8 Å². The fourth-order valence-corrected chi connectivity index (χ4v) is 6.01. The van der Waals surface area contributed by atoms with Gasteiger partial charge in [0.2, 0.25) is 11.8 Å². The molecule has 12 heteroatoms. The van der Waals surface area contributed by atoms with Gasteiger partial charge < -0.3 is 39.8 Å². The zero-order chi connectivity index (χ0) is 34.3. The van der Waals surface area contributed by atoms with Gasteiger partial charge in [0.05, 0.1) is 36.3 Å². The minimum atomic E-state index is -1.94. The highest BCUT2D eigenvalue weighted by molar-refractivity contribution is 5.98. The third-order valence-corrected chi connectivity index (χ3v) is 9.23. The van der Waals surface area contributed by atoms with Crippen LogP contribution in [0.3, 0.4) is 0 Å². The molecule has 2 saturated heterocycles. The summed E-state index contributed by atoms with van der Waals surface area (Å²) in [4.78, 5) is 43.1. The van der Waals surface area contributed by atoms with E-state index in [2.05, 4.69) is 10.3 Å². The fraction of sp³-hybridized carbons (Fsp3) is 0.529. The summed E-state index contributed by atoms with van der Waals surface area (Å²) < 4.78 is 10.6. The highest BCUT2D eigenvalue weighted by atomic mass is 16.6. The van der Waals surface area contributed by atoms with Crippen LogP contribution in [0.5, 0.6) is 0 Å². The Morgan fingerprint density at radius 2 is 1.87 bits per heavy atom. The molecule has 3 rings (SSSR count). The van der Waals surface area contributed by atoms with Crippen molar-refractivity contribution >= 4 is 17.8 Å². The number of ether oxygens (including phenoxy) is 1. The van der Waals surface area contributed by atoms with Crippen molar-refractivity contribution < 1.29 is 44.0 Å². The maximum Gasteiger partial charge on any atom is 0.338 e. The second-order valence-corrected chi connectivity index (χ2v) is 12.6. The predicted octanol–water partition coefficient (Wildman–Crippen LogP) is 1.77. The van der Waals surface area contributed by atoms with Crippen LogP contribution in [0.25, 0.3) is 0 Å². The Kier molecular flexibility index (Phi) is 12.1. The van der Waals surface area contributed by atoms with Crippen molar-refractivity contribution in [3.63, 3.8) is 0 Å². The van der Waals surface area contributed by atoms with Gasteiger partial charge in [-0.15, -0.1) is 0 Å². The first-order chi connectivity index (χ1) is 21.7. The van der Waals surface area contributed by atoms with Crippen molar-refractivity contribution in [3.05, 3.63) is 78.6 Å². The summed E-state index contributed by atoms with van der Waals surface area (Å²) in [6.45, 7) is 7.71. The molecule has 12 nitrogen and oxygen atoms in total. The molecule has 2 aliphatic rings. The van der Waals surface area contributed by atoms with E-state index in [1.165, 1.54) is 26.4 Å². The van der Waals surface area contributed by atoms with Gasteiger partial charge in [-0.05, 0) is 38.7 Å². The number of aliphatic hydroxyl groups excluding tert-OH is 3. The van der Waals surface area contributed by atoms with E-state index in [1.807, 2.05) is 18.2 Å².